The van der Waals surface area contributed by atoms with Crippen molar-refractivity contribution < 1.29 is 31.4 Å². The van der Waals surface area contributed by atoms with Gasteiger partial charge in [0.05, 0.1) is 23.2 Å². The van der Waals surface area contributed by atoms with Gasteiger partial charge >= 0.3 is 12.4 Å². The van der Waals surface area contributed by atoms with Crippen molar-refractivity contribution in [3.05, 3.63) is 29.3 Å². The third-order valence-corrected chi connectivity index (χ3v) is 3.76. The Balaban J connectivity index is 2.40. The van der Waals surface area contributed by atoms with Gasteiger partial charge in [0.1, 0.15) is 0 Å². The molecule has 1 aromatic carbocycles. The molecular formula is C14H12F6N2O. The Labute approximate surface area is 127 Å². The summed E-state index contributed by atoms with van der Waals surface area (Å²) in [5, 5.41) is 18.1. The zero-order valence-electron chi connectivity index (χ0n) is 11.6. The normalized spacial score (nSPS) is 20.4. The Morgan fingerprint density at radius 3 is 2.39 bits per heavy atom. The molecule has 1 N–H and O–H groups in total. The van der Waals surface area contributed by atoms with Gasteiger partial charge in [-0.3, -0.25) is 0 Å². The quantitative estimate of drug-likeness (QED) is 0.840. The highest BCUT2D eigenvalue weighted by atomic mass is 19.4. The van der Waals surface area contributed by atoms with Crippen LogP contribution in [0.1, 0.15) is 24.0 Å². The molecule has 1 fully saturated rings. The van der Waals surface area contributed by atoms with Gasteiger partial charge in [-0.05, 0) is 31.0 Å². The summed E-state index contributed by atoms with van der Waals surface area (Å²) in [5.41, 5.74) is -1.90. The minimum Gasteiger partial charge on any atom is -0.382 e. The van der Waals surface area contributed by atoms with Crippen LogP contribution in [0.2, 0.25) is 0 Å². The number of hydrogen-bond donors (Lipinski definition) is 1. The number of anilines is 1. The molecule has 1 saturated heterocycles. The van der Waals surface area contributed by atoms with Crippen molar-refractivity contribution in [2.24, 2.45) is 0 Å². The molecule has 2 rings (SSSR count). The van der Waals surface area contributed by atoms with E-state index in [9.17, 15) is 31.4 Å². The molecule has 0 unspecified atom stereocenters. The van der Waals surface area contributed by atoms with E-state index < -0.39 is 35.6 Å². The van der Waals surface area contributed by atoms with Crippen molar-refractivity contribution in [3.63, 3.8) is 0 Å². The third-order valence-electron chi connectivity index (χ3n) is 3.76. The molecule has 3 nitrogen and oxygen atoms in total. The maximum absolute atomic E-state index is 12.9. The maximum atomic E-state index is 12.9. The number of aliphatic hydroxyl groups excluding tert-OH is 1. The molecule has 1 aromatic rings. The average molecular weight is 338 g/mol. The second-order valence-corrected chi connectivity index (χ2v) is 5.23. The summed E-state index contributed by atoms with van der Waals surface area (Å²) in [4.78, 5) is 1.11. The predicted molar refractivity (Wildman–Crippen MR) is 68.6 cm³/mol. The average Bonchev–Trinajstić information content (AvgIpc) is 2.93. The van der Waals surface area contributed by atoms with Crippen LogP contribution < -0.4 is 4.90 Å². The largest absolute Gasteiger partial charge is 0.417 e. The van der Waals surface area contributed by atoms with E-state index >= 15 is 0 Å². The Hall–Kier alpha value is -1.95. The standard InChI is InChI=1S/C14H12F6N2O/c15-13(16,17)10-6-9(4-3-8(10)7-21)22-5-1-2-11(22)12(23)14(18,19)20/h3-4,6,11-12,23H,1-2,5H2/t11-,12+/m0/s1. The molecule has 2 atom stereocenters. The SMILES string of the molecule is N#Cc1ccc(N2CCC[C@H]2[C@@H](O)C(F)(F)F)cc1C(F)(F)F. The lowest BCUT2D eigenvalue weighted by atomic mass is 10.0. The van der Waals surface area contributed by atoms with Crippen LogP contribution in [0, 0.1) is 11.3 Å². The molecule has 0 aliphatic carbocycles. The Kier molecular flexibility index (Phi) is 4.48. The van der Waals surface area contributed by atoms with E-state index in [1.165, 1.54) is 6.07 Å². The van der Waals surface area contributed by atoms with E-state index in [2.05, 4.69) is 0 Å². The van der Waals surface area contributed by atoms with Crippen LogP contribution in [0.5, 0.6) is 0 Å². The molecule has 126 valence electrons. The highest BCUT2D eigenvalue weighted by Crippen LogP contribution is 2.38. The first-order chi connectivity index (χ1) is 10.6. The van der Waals surface area contributed by atoms with E-state index in [4.69, 9.17) is 5.26 Å². The van der Waals surface area contributed by atoms with E-state index in [0.717, 1.165) is 17.0 Å². The second-order valence-electron chi connectivity index (χ2n) is 5.23. The highest BCUT2D eigenvalue weighted by Gasteiger charge is 2.47. The van der Waals surface area contributed by atoms with E-state index in [1.807, 2.05) is 0 Å². The highest BCUT2D eigenvalue weighted by molar-refractivity contribution is 5.56. The predicted octanol–water partition coefficient (Wildman–Crippen LogP) is 3.47. The van der Waals surface area contributed by atoms with Gasteiger partial charge in [-0.2, -0.15) is 31.6 Å². The molecule has 0 amide bonds. The molecule has 1 heterocycles. The first-order valence-electron chi connectivity index (χ1n) is 6.68. The van der Waals surface area contributed by atoms with E-state index in [0.29, 0.717) is 12.5 Å². The fourth-order valence-electron chi connectivity index (χ4n) is 2.70. The first kappa shape index (κ1) is 17.4. The summed E-state index contributed by atoms with van der Waals surface area (Å²) in [5.74, 6) is 0. The molecule has 0 radical (unpaired) electrons. The van der Waals surface area contributed by atoms with Crippen LogP contribution in [0.15, 0.2) is 18.2 Å². The van der Waals surface area contributed by atoms with Crippen molar-refractivity contribution >= 4 is 5.69 Å². The molecular weight excluding hydrogens is 326 g/mol. The number of nitriles is 1. The lowest BCUT2D eigenvalue weighted by Crippen LogP contribution is -2.47. The van der Waals surface area contributed by atoms with Crippen LogP contribution in [-0.4, -0.2) is 30.0 Å². The van der Waals surface area contributed by atoms with Crippen LogP contribution in [0.3, 0.4) is 0 Å². The Bertz CT molecular complexity index is 619. The zero-order chi connectivity index (χ0) is 17.4. The minimum absolute atomic E-state index is 0.0159. The number of hydrogen-bond acceptors (Lipinski definition) is 3. The van der Waals surface area contributed by atoms with Crippen molar-refractivity contribution in [2.45, 2.75) is 37.3 Å². The van der Waals surface area contributed by atoms with Crippen molar-refractivity contribution in [1.29, 1.82) is 5.26 Å². The fourth-order valence-corrected chi connectivity index (χ4v) is 2.70. The van der Waals surface area contributed by atoms with Gasteiger partial charge in [0.2, 0.25) is 0 Å². The maximum Gasteiger partial charge on any atom is 0.417 e. The van der Waals surface area contributed by atoms with Gasteiger partial charge in [-0.15, -0.1) is 0 Å². The summed E-state index contributed by atoms with van der Waals surface area (Å²) >= 11 is 0. The number of benzene rings is 1. The topological polar surface area (TPSA) is 47.3 Å². The van der Waals surface area contributed by atoms with Crippen LogP contribution in [0.25, 0.3) is 0 Å². The molecule has 0 bridgehead atoms. The van der Waals surface area contributed by atoms with E-state index in [-0.39, 0.29) is 18.7 Å². The lowest BCUT2D eigenvalue weighted by molar-refractivity contribution is -0.209. The summed E-state index contributed by atoms with van der Waals surface area (Å²) in [6.07, 6.45) is -12.0. The molecule has 1 aliphatic heterocycles. The molecule has 23 heavy (non-hydrogen) atoms. The van der Waals surface area contributed by atoms with Crippen molar-refractivity contribution in [1.82, 2.24) is 0 Å². The Morgan fingerprint density at radius 1 is 1.22 bits per heavy atom. The van der Waals surface area contributed by atoms with Gasteiger partial charge in [0.25, 0.3) is 0 Å². The third kappa shape index (κ3) is 3.52. The van der Waals surface area contributed by atoms with Crippen molar-refractivity contribution in [3.8, 4) is 6.07 Å². The summed E-state index contributed by atoms with van der Waals surface area (Å²) in [6, 6.07) is 2.81. The zero-order valence-corrected chi connectivity index (χ0v) is 11.6. The molecule has 9 heteroatoms. The fraction of sp³-hybridized carbons (Fsp3) is 0.500. The van der Waals surface area contributed by atoms with Gasteiger partial charge in [0, 0.05) is 12.2 Å². The van der Waals surface area contributed by atoms with Gasteiger partial charge < -0.3 is 10.0 Å². The minimum atomic E-state index is -4.85. The molecule has 0 saturated carbocycles. The molecule has 0 spiro atoms. The number of aliphatic hydroxyl groups is 1. The second kappa shape index (κ2) is 5.92. The van der Waals surface area contributed by atoms with Crippen LogP contribution in [-0.2, 0) is 6.18 Å². The van der Waals surface area contributed by atoms with Crippen LogP contribution >= 0.6 is 0 Å². The van der Waals surface area contributed by atoms with Gasteiger partial charge in [-0.1, -0.05) is 0 Å². The molecule has 1 aliphatic rings. The first-order valence-corrected chi connectivity index (χ1v) is 6.68. The molecule has 0 aromatic heterocycles. The van der Waals surface area contributed by atoms with Crippen molar-refractivity contribution in [2.75, 3.05) is 11.4 Å². The van der Waals surface area contributed by atoms with Gasteiger partial charge in [0.15, 0.2) is 6.10 Å². The number of halogens is 6. The smallest absolute Gasteiger partial charge is 0.382 e. The summed E-state index contributed by atoms with van der Waals surface area (Å²) in [7, 11) is 0. The number of nitrogens with zero attached hydrogens (tertiary/aromatic N) is 2. The Morgan fingerprint density at radius 2 is 1.87 bits per heavy atom. The lowest BCUT2D eigenvalue weighted by Gasteiger charge is -2.31. The monoisotopic (exact) mass is 338 g/mol. The number of alkyl halides is 6. The summed E-state index contributed by atoms with van der Waals surface area (Å²) in [6.45, 7) is 0.0982. The van der Waals surface area contributed by atoms with Gasteiger partial charge in [-0.25, -0.2) is 0 Å². The summed E-state index contributed by atoms with van der Waals surface area (Å²) < 4.78 is 76.9. The van der Waals surface area contributed by atoms with E-state index in [1.54, 1.807) is 0 Å². The number of rotatable bonds is 2. The van der Waals surface area contributed by atoms with Crippen LogP contribution in [0.4, 0.5) is 32.0 Å².